The standard InChI is InChI=1S/C14H22N2O2/c1-5-15-14(17)16(3)11(2)10-12-8-6-7-9-13(12)18-4/h6-9,11H,5,10H2,1-4H3,(H,15,17). The largest absolute Gasteiger partial charge is 0.496 e. The maximum atomic E-state index is 11.7. The number of urea groups is 1. The molecule has 0 radical (unpaired) electrons. The Morgan fingerprint density at radius 3 is 2.72 bits per heavy atom. The average Bonchev–Trinajstić information content (AvgIpc) is 2.38. The van der Waals surface area contributed by atoms with Gasteiger partial charge in [0.05, 0.1) is 7.11 Å². The van der Waals surface area contributed by atoms with Crippen molar-refractivity contribution in [2.24, 2.45) is 0 Å². The number of carbonyl (C=O) groups is 1. The van der Waals surface area contributed by atoms with Crippen LogP contribution in [0.15, 0.2) is 24.3 Å². The van der Waals surface area contributed by atoms with Crippen LogP contribution in [0, 0.1) is 0 Å². The highest BCUT2D eigenvalue weighted by atomic mass is 16.5. The zero-order valence-corrected chi connectivity index (χ0v) is 11.6. The van der Waals surface area contributed by atoms with Gasteiger partial charge in [-0.15, -0.1) is 0 Å². The molecule has 0 saturated carbocycles. The monoisotopic (exact) mass is 250 g/mol. The number of methoxy groups -OCH3 is 1. The van der Waals surface area contributed by atoms with E-state index in [1.807, 2.05) is 45.2 Å². The average molecular weight is 250 g/mol. The molecule has 0 aromatic heterocycles. The van der Waals surface area contributed by atoms with E-state index in [-0.39, 0.29) is 12.1 Å². The summed E-state index contributed by atoms with van der Waals surface area (Å²) in [4.78, 5) is 13.4. The van der Waals surface area contributed by atoms with E-state index in [0.717, 1.165) is 17.7 Å². The molecule has 1 atom stereocenters. The van der Waals surface area contributed by atoms with Crippen molar-refractivity contribution in [2.75, 3.05) is 20.7 Å². The summed E-state index contributed by atoms with van der Waals surface area (Å²) in [7, 11) is 3.47. The van der Waals surface area contributed by atoms with Crippen LogP contribution in [0.2, 0.25) is 0 Å². The Labute approximate surface area is 109 Å². The zero-order chi connectivity index (χ0) is 13.5. The van der Waals surface area contributed by atoms with Gasteiger partial charge in [0.2, 0.25) is 0 Å². The summed E-state index contributed by atoms with van der Waals surface area (Å²) in [5.41, 5.74) is 1.11. The number of para-hydroxylation sites is 1. The molecule has 0 aliphatic carbocycles. The van der Waals surface area contributed by atoms with E-state index in [4.69, 9.17) is 4.74 Å². The SMILES string of the molecule is CCNC(=O)N(C)C(C)Cc1ccccc1OC. The molecule has 4 heteroatoms. The van der Waals surface area contributed by atoms with Crippen molar-refractivity contribution in [1.29, 1.82) is 0 Å². The number of nitrogens with zero attached hydrogens (tertiary/aromatic N) is 1. The van der Waals surface area contributed by atoms with E-state index in [1.54, 1.807) is 12.0 Å². The Hall–Kier alpha value is -1.71. The fourth-order valence-electron chi connectivity index (χ4n) is 1.80. The van der Waals surface area contributed by atoms with Gasteiger partial charge in [-0.3, -0.25) is 0 Å². The Balaban J connectivity index is 2.69. The zero-order valence-electron chi connectivity index (χ0n) is 11.6. The number of hydrogen-bond donors (Lipinski definition) is 1. The van der Waals surface area contributed by atoms with Crippen LogP contribution in [0.3, 0.4) is 0 Å². The molecule has 2 amide bonds. The summed E-state index contributed by atoms with van der Waals surface area (Å²) >= 11 is 0. The molecule has 4 nitrogen and oxygen atoms in total. The lowest BCUT2D eigenvalue weighted by molar-refractivity contribution is 0.194. The topological polar surface area (TPSA) is 41.6 Å². The first-order chi connectivity index (χ1) is 8.60. The number of carbonyl (C=O) groups excluding carboxylic acids is 1. The van der Waals surface area contributed by atoms with Crippen LogP contribution in [0.5, 0.6) is 5.75 Å². The van der Waals surface area contributed by atoms with Crippen molar-refractivity contribution in [3.05, 3.63) is 29.8 Å². The van der Waals surface area contributed by atoms with Gasteiger partial charge in [-0.05, 0) is 31.9 Å². The first-order valence-electron chi connectivity index (χ1n) is 6.22. The summed E-state index contributed by atoms with van der Waals surface area (Å²) in [6, 6.07) is 7.97. The number of nitrogens with one attached hydrogen (secondary N) is 1. The van der Waals surface area contributed by atoms with Crippen molar-refractivity contribution >= 4 is 6.03 Å². The molecule has 1 rings (SSSR count). The Kier molecular flexibility index (Phi) is 5.49. The second-order valence-corrected chi connectivity index (χ2v) is 4.31. The van der Waals surface area contributed by atoms with Gasteiger partial charge in [0.1, 0.15) is 5.75 Å². The summed E-state index contributed by atoms with van der Waals surface area (Å²) < 4.78 is 5.31. The van der Waals surface area contributed by atoms with Gasteiger partial charge in [-0.2, -0.15) is 0 Å². The number of ether oxygens (including phenoxy) is 1. The summed E-state index contributed by atoms with van der Waals surface area (Å²) in [5.74, 6) is 0.869. The lowest BCUT2D eigenvalue weighted by Crippen LogP contribution is -2.43. The first kappa shape index (κ1) is 14.4. The fourth-order valence-corrected chi connectivity index (χ4v) is 1.80. The number of amides is 2. The molecule has 0 fully saturated rings. The molecule has 1 N–H and O–H groups in total. The fraction of sp³-hybridized carbons (Fsp3) is 0.500. The first-order valence-corrected chi connectivity index (χ1v) is 6.22. The lowest BCUT2D eigenvalue weighted by Gasteiger charge is -2.25. The maximum Gasteiger partial charge on any atom is 0.317 e. The van der Waals surface area contributed by atoms with Crippen LogP contribution < -0.4 is 10.1 Å². The van der Waals surface area contributed by atoms with Gasteiger partial charge in [0, 0.05) is 19.6 Å². The highest BCUT2D eigenvalue weighted by molar-refractivity contribution is 5.74. The third kappa shape index (κ3) is 3.65. The second kappa shape index (κ2) is 6.89. The summed E-state index contributed by atoms with van der Waals surface area (Å²) in [5, 5.41) is 2.80. The number of hydrogen-bond acceptors (Lipinski definition) is 2. The van der Waals surface area contributed by atoms with E-state index >= 15 is 0 Å². The van der Waals surface area contributed by atoms with Gasteiger partial charge in [-0.25, -0.2) is 4.79 Å². The minimum atomic E-state index is -0.0418. The van der Waals surface area contributed by atoms with E-state index < -0.39 is 0 Å². The molecule has 0 heterocycles. The molecule has 0 bridgehead atoms. The molecule has 1 unspecified atom stereocenters. The number of likely N-dealkylation sites (N-methyl/N-ethyl adjacent to an activating group) is 1. The van der Waals surface area contributed by atoms with Crippen molar-refractivity contribution in [2.45, 2.75) is 26.3 Å². The minimum absolute atomic E-state index is 0.0418. The van der Waals surface area contributed by atoms with Gasteiger partial charge in [0.15, 0.2) is 0 Å². The second-order valence-electron chi connectivity index (χ2n) is 4.31. The molecule has 100 valence electrons. The Bertz CT molecular complexity index is 393. The van der Waals surface area contributed by atoms with Gasteiger partial charge >= 0.3 is 6.03 Å². The summed E-state index contributed by atoms with van der Waals surface area (Å²) in [6.07, 6.45) is 0.775. The predicted octanol–water partition coefficient (Wildman–Crippen LogP) is 2.29. The Morgan fingerprint density at radius 2 is 2.11 bits per heavy atom. The molecule has 18 heavy (non-hydrogen) atoms. The van der Waals surface area contributed by atoms with Crippen molar-refractivity contribution in [3.63, 3.8) is 0 Å². The third-order valence-corrected chi connectivity index (χ3v) is 3.02. The highest BCUT2D eigenvalue weighted by Crippen LogP contribution is 2.20. The molecule has 1 aromatic carbocycles. The maximum absolute atomic E-state index is 11.7. The van der Waals surface area contributed by atoms with Gasteiger partial charge < -0.3 is 15.0 Å². The molecular formula is C14H22N2O2. The van der Waals surface area contributed by atoms with Crippen molar-refractivity contribution in [3.8, 4) is 5.75 Å². The van der Waals surface area contributed by atoms with E-state index in [1.165, 1.54) is 0 Å². The normalized spacial score (nSPS) is 11.8. The predicted molar refractivity (Wildman–Crippen MR) is 73.0 cm³/mol. The quantitative estimate of drug-likeness (QED) is 0.871. The van der Waals surface area contributed by atoms with Gasteiger partial charge in [0.25, 0.3) is 0 Å². The smallest absolute Gasteiger partial charge is 0.317 e. The molecular weight excluding hydrogens is 228 g/mol. The third-order valence-electron chi connectivity index (χ3n) is 3.02. The molecule has 1 aromatic rings. The van der Waals surface area contributed by atoms with Crippen LogP contribution in [-0.4, -0.2) is 37.7 Å². The molecule has 0 saturated heterocycles. The summed E-state index contributed by atoms with van der Waals surface area (Å²) in [6.45, 7) is 4.59. The van der Waals surface area contributed by atoms with E-state index in [2.05, 4.69) is 5.32 Å². The van der Waals surface area contributed by atoms with Crippen LogP contribution >= 0.6 is 0 Å². The van der Waals surface area contributed by atoms with Crippen molar-refractivity contribution in [1.82, 2.24) is 10.2 Å². The van der Waals surface area contributed by atoms with Crippen LogP contribution in [0.1, 0.15) is 19.4 Å². The number of rotatable bonds is 5. The highest BCUT2D eigenvalue weighted by Gasteiger charge is 2.16. The van der Waals surface area contributed by atoms with Crippen LogP contribution in [0.4, 0.5) is 4.79 Å². The van der Waals surface area contributed by atoms with E-state index in [0.29, 0.717) is 6.54 Å². The lowest BCUT2D eigenvalue weighted by atomic mass is 10.1. The van der Waals surface area contributed by atoms with Crippen LogP contribution in [-0.2, 0) is 6.42 Å². The van der Waals surface area contributed by atoms with Crippen molar-refractivity contribution < 1.29 is 9.53 Å². The van der Waals surface area contributed by atoms with E-state index in [9.17, 15) is 4.79 Å². The number of benzene rings is 1. The molecule has 0 aliphatic rings. The molecule has 0 spiro atoms. The Morgan fingerprint density at radius 1 is 1.44 bits per heavy atom. The molecule has 0 aliphatic heterocycles. The van der Waals surface area contributed by atoms with Crippen LogP contribution in [0.25, 0.3) is 0 Å². The van der Waals surface area contributed by atoms with Gasteiger partial charge in [-0.1, -0.05) is 18.2 Å². The minimum Gasteiger partial charge on any atom is -0.496 e.